The summed E-state index contributed by atoms with van der Waals surface area (Å²) in [6, 6.07) is 2.48. The number of hydrogen-bond donors (Lipinski definition) is 1. The van der Waals surface area contributed by atoms with E-state index < -0.39 is 0 Å². The van der Waals surface area contributed by atoms with Crippen LogP contribution in [0.15, 0.2) is 6.07 Å². The molecule has 1 fully saturated rings. The standard InChI is InChI=1S/C16H26N2O/c1-11-9-12(2)18-14(4)15(11)13(3)17-10-16(19-5)7-6-8-16/h9,13,17H,6-8,10H2,1-5H3. The van der Waals surface area contributed by atoms with Crippen LogP contribution in [0.4, 0.5) is 0 Å². The molecular formula is C16H26N2O. The van der Waals surface area contributed by atoms with Crippen molar-refractivity contribution < 1.29 is 4.74 Å². The molecule has 1 heterocycles. The largest absolute Gasteiger partial charge is 0.377 e. The maximum Gasteiger partial charge on any atom is 0.0802 e. The number of aryl methyl sites for hydroxylation is 3. The maximum absolute atomic E-state index is 5.66. The lowest BCUT2D eigenvalue weighted by atomic mass is 9.79. The van der Waals surface area contributed by atoms with E-state index in [0.717, 1.165) is 17.9 Å². The normalized spacial score (nSPS) is 19.0. The number of ether oxygens (including phenoxy) is 1. The molecule has 0 spiro atoms. The van der Waals surface area contributed by atoms with Crippen molar-refractivity contribution in [3.05, 3.63) is 28.6 Å². The quantitative estimate of drug-likeness (QED) is 0.884. The summed E-state index contributed by atoms with van der Waals surface area (Å²) in [7, 11) is 1.83. The third kappa shape index (κ3) is 2.98. The van der Waals surface area contributed by atoms with Crippen LogP contribution in [0.5, 0.6) is 0 Å². The fourth-order valence-corrected chi connectivity index (χ4v) is 3.15. The Morgan fingerprint density at radius 2 is 2.05 bits per heavy atom. The van der Waals surface area contributed by atoms with Crippen molar-refractivity contribution in [2.45, 2.75) is 58.6 Å². The lowest BCUT2D eigenvalue weighted by Gasteiger charge is -2.41. The Morgan fingerprint density at radius 3 is 2.53 bits per heavy atom. The van der Waals surface area contributed by atoms with E-state index in [-0.39, 0.29) is 5.60 Å². The van der Waals surface area contributed by atoms with Gasteiger partial charge in [-0.3, -0.25) is 4.98 Å². The van der Waals surface area contributed by atoms with E-state index in [4.69, 9.17) is 4.74 Å². The van der Waals surface area contributed by atoms with Crippen LogP contribution in [0.3, 0.4) is 0 Å². The molecule has 1 aliphatic rings. The van der Waals surface area contributed by atoms with Crippen LogP contribution in [-0.2, 0) is 4.74 Å². The molecule has 3 nitrogen and oxygen atoms in total. The molecule has 2 rings (SSSR count). The number of pyridine rings is 1. The molecule has 0 radical (unpaired) electrons. The smallest absolute Gasteiger partial charge is 0.0802 e. The van der Waals surface area contributed by atoms with Gasteiger partial charge in [-0.1, -0.05) is 0 Å². The first-order chi connectivity index (χ1) is 8.97. The van der Waals surface area contributed by atoms with Gasteiger partial charge in [-0.05, 0) is 64.2 Å². The highest BCUT2D eigenvalue weighted by atomic mass is 16.5. The number of rotatable bonds is 5. The zero-order valence-electron chi connectivity index (χ0n) is 12.8. The molecular weight excluding hydrogens is 236 g/mol. The lowest BCUT2D eigenvalue weighted by molar-refractivity contribution is -0.0706. The molecule has 1 aliphatic carbocycles. The highest BCUT2D eigenvalue weighted by Gasteiger charge is 2.37. The van der Waals surface area contributed by atoms with Gasteiger partial charge < -0.3 is 10.1 Å². The molecule has 1 atom stereocenters. The molecule has 0 saturated heterocycles. The van der Waals surface area contributed by atoms with Gasteiger partial charge in [0.1, 0.15) is 0 Å². The first kappa shape index (κ1) is 14.5. The molecule has 1 aromatic rings. The molecule has 0 aromatic carbocycles. The number of aromatic nitrogens is 1. The number of nitrogens with one attached hydrogen (secondary N) is 1. The van der Waals surface area contributed by atoms with Gasteiger partial charge in [-0.25, -0.2) is 0 Å². The third-order valence-electron chi connectivity index (χ3n) is 4.45. The van der Waals surface area contributed by atoms with Crippen molar-refractivity contribution in [2.24, 2.45) is 0 Å². The second-order valence-corrected chi connectivity index (χ2v) is 5.92. The summed E-state index contributed by atoms with van der Waals surface area (Å²) in [4.78, 5) is 4.58. The van der Waals surface area contributed by atoms with Gasteiger partial charge in [0.05, 0.1) is 5.60 Å². The minimum Gasteiger partial charge on any atom is -0.377 e. The van der Waals surface area contributed by atoms with Crippen molar-refractivity contribution in [2.75, 3.05) is 13.7 Å². The molecule has 1 N–H and O–H groups in total. The summed E-state index contributed by atoms with van der Waals surface area (Å²) in [5, 5.41) is 3.63. The molecule has 3 heteroatoms. The van der Waals surface area contributed by atoms with Crippen LogP contribution in [0.2, 0.25) is 0 Å². The minimum absolute atomic E-state index is 0.0776. The van der Waals surface area contributed by atoms with Gasteiger partial charge in [0.25, 0.3) is 0 Å². The summed E-state index contributed by atoms with van der Waals surface area (Å²) in [6.45, 7) is 9.47. The Kier molecular flexibility index (Phi) is 4.26. The molecule has 106 valence electrons. The van der Waals surface area contributed by atoms with Gasteiger partial charge in [-0.2, -0.15) is 0 Å². The van der Waals surface area contributed by atoms with Crippen molar-refractivity contribution in [1.29, 1.82) is 0 Å². The van der Waals surface area contributed by atoms with Gasteiger partial charge >= 0.3 is 0 Å². The monoisotopic (exact) mass is 262 g/mol. The topological polar surface area (TPSA) is 34.1 Å². The number of methoxy groups -OCH3 is 1. The van der Waals surface area contributed by atoms with E-state index in [1.165, 1.54) is 30.4 Å². The van der Waals surface area contributed by atoms with E-state index in [1.54, 1.807) is 0 Å². The number of hydrogen-bond acceptors (Lipinski definition) is 3. The number of nitrogens with zero attached hydrogens (tertiary/aromatic N) is 1. The second-order valence-electron chi connectivity index (χ2n) is 5.92. The van der Waals surface area contributed by atoms with Crippen LogP contribution in [0, 0.1) is 20.8 Å². The molecule has 0 aliphatic heterocycles. The highest BCUT2D eigenvalue weighted by Crippen LogP contribution is 2.35. The molecule has 1 unspecified atom stereocenters. The Hall–Kier alpha value is -0.930. The summed E-state index contributed by atoms with van der Waals surface area (Å²) in [6.07, 6.45) is 3.63. The van der Waals surface area contributed by atoms with Gasteiger partial charge in [0.2, 0.25) is 0 Å². The zero-order valence-corrected chi connectivity index (χ0v) is 12.8. The summed E-state index contributed by atoms with van der Waals surface area (Å²) in [5.74, 6) is 0. The first-order valence-corrected chi connectivity index (χ1v) is 7.21. The summed E-state index contributed by atoms with van der Waals surface area (Å²) >= 11 is 0. The van der Waals surface area contributed by atoms with E-state index in [2.05, 4.69) is 44.1 Å². The van der Waals surface area contributed by atoms with Gasteiger partial charge in [-0.15, -0.1) is 0 Å². The van der Waals surface area contributed by atoms with Crippen molar-refractivity contribution in [1.82, 2.24) is 10.3 Å². The summed E-state index contributed by atoms with van der Waals surface area (Å²) in [5.41, 5.74) is 4.96. The van der Waals surface area contributed by atoms with Gasteiger partial charge in [0.15, 0.2) is 0 Å². The van der Waals surface area contributed by atoms with E-state index in [1.807, 2.05) is 7.11 Å². The van der Waals surface area contributed by atoms with Crippen molar-refractivity contribution in [3.8, 4) is 0 Å². The van der Waals surface area contributed by atoms with Crippen LogP contribution in [0.25, 0.3) is 0 Å². The fourth-order valence-electron chi connectivity index (χ4n) is 3.15. The summed E-state index contributed by atoms with van der Waals surface area (Å²) < 4.78 is 5.66. The second kappa shape index (κ2) is 5.59. The van der Waals surface area contributed by atoms with Crippen LogP contribution >= 0.6 is 0 Å². The van der Waals surface area contributed by atoms with Crippen LogP contribution in [-0.4, -0.2) is 24.2 Å². The fraction of sp³-hybridized carbons (Fsp3) is 0.688. The molecule has 0 bridgehead atoms. The Bertz CT molecular complexity index is 424. The van der Waals surface area contributed by atoms with Crippen molar-refractivity contribution >= 4 is 0 Å². The Balaban J connectivity index is 2.06. The predicted octanol–water partition coefficient (Wildman–Crippen LogP) is 3.23. The predicted molar refractivity (Wildman–Crippen MR) is 78.5 cm³/mol. The van der Waals surface area contributed by atoms with E-state index in [0.29, 0.717) is 6.04 Å². The molecule has 1 saturated carbocycles. The molecule has 0 amide bonds. The van der Waals surface area contributed by atoms with Crippen LogP contribution < -0.4 is 5.32 Å². The zero-order chi connectivity index (χ0) is 14.0. The van der Waals surface area contributed by atoms with E-state index in [9.17, 15) is 0 Å². The van der Waals surface area contributed by atoms with Crippen LogP contribution in [0.1, 0.15) is 54.7 Å². The van der Waals surface area contributed by atoms with E-state index >= 15 is 0 Å². The maximum atomic E-state index is 5.66. The Morgan fingerprint density at radius 1 is 1.37 bits per heavy atom. The highest BCUT2D eigenvalue weighted by molar-refractivity contribution is 5.33. The SMILES string of the molecule is COC1(CNC(C)c2c(C)cc(C)nc2C)CCC1. The first-order valence-electron chi connectivity index (χ1n) is 7.21. The average Bonchev–Trinajstić information content (AvgIpc) is 2.26. The minimum atomic E-state index is 0.0776. The molecule has 19 heavy (non-hydrogen) atoms. The van der Waals surface area contributed by atoms with Crippen molar-refractivity contribution in [3.63, 3.8) is 0 Å². The average molecular weight is 262 g/mol. The van der Waals surface area contributed by atoms with Gasteiger partial charge in [0, 0.05) is 31.1 Å². The Labute approximate surface area is 116 Å². The third-order valence-corrected chi connectivity index (χ3v) is 4.45. The molecule has 1 aromatic heterocycles. The lowest BCUT2D eigenvalue weighted by Crippen LogP contribution is -2.48.